The van der Waals surface area contributed by atoms with Crippen LogP contribution in [0.1, 0.15) is 31.4 Å². The van der Waals surface area contributed by atoms with Crippen molar-refractivity contribution >= 4 is 27.5 Å². The molecule has 2 atom stereocenters. The standard InChI is InChI=1S/C36H41N3O6S/c1-5-27(2)37-36(41)32(23-28-15-9-6-10-16-28)38(25-29-17-11-7-12-18-29)35(40)26-39(30-19-13-8-14-20-30)46(42,43)31-21-22-33(44-3)34(24-31)45-4/h6-22,24,27,32H,5,23,25-26H2,1-4H3,(H,37,41)/t27-,32-/m1/s1. The highest BCUT2D eigenvalue weighted by atomic mass is 32.2. The second-order valence-corrected chi connectivity index (χ2v) is 12.8. The number of amides is 2. The van der Waals surface area contributed by atoms with Gasteiger partial charge in [0.25, 0.3) is 10.0 Å². The number of para-hydroxylation sites is 1. The molecule has 46 heavy (non-hydrogen) atoms. The summed E-state index contributed by atoms with van der Waals surface area (Å²) in [5.41, 5.74) is 1.98. The third-order valence-corrected chi connectivity index (χ3v) is 9.50. The van der Waals surface area contributed by atoms with Crippen molar-refractivity contribution < 1.29 is 27.5 Å². The minimum Gasteiger partial charge on any atom is -0.493 e. The third-order valence-electron chi connectivity index (χ3n) is 7.73. The van der Waals surface area contributed by atoms with E-state index in [1.807, 2.05) is 74.5 Å². The Morgan fingerprint density at radius 2 is 1.35 bits per heavy atom. The molecule has 0 heterocycles. The lowest BCUT2D eigenvalue weighted by Crippen LogP contribution is -2.54. The highest BCUT2D eigenvalue weighted by molar-refractivity contribution is 7.92. The molecule has 0 aliphatic rings. The van der Waals surface area contributed by atoms with E-state index < -0.39 is 28.5 Å². The zero-order valence-corrected chi connectivity index (χ0v) is 27.4. The Labute approximate surface area is 271 Å². The van der Waals surface area contributed by atoms with Crippen molar-refractivity contribution in [2.24, 2.45) is 0 Å². The van der Waals surface area contributed by atoms with Crippen LogP contribution in [0.3, 0.4) is 0 Å². The molecule has 2 amide bonds. The Balaban J connectivity index is 1.80. The van der Waals surface area contributed by atoms with Crippen LogP contribution in [0, 0.1) is 0 Å². The number of carbonyl (C=O) groups excluding carboxylic acids is 2. The maximum Gasteiger partial charge on any atom is 0.264 e. The molecule has 4 aromatic carbocycles. The van der Waals surface area contributed by atoms with Gasteiger partial charge in [-0.05, 0) is 48.7 Å². The van der Waals surface area contributed by atoms with Gasteiger partial charge < -0.3 is 19.7 Å². The van der Waals surface area contributed by atoms with Crippen molar-refractivity contribution in [2.45, 2.75) is 50.2 Å². The molecule has 0 fully saturated rings. The highest BCUT2D eigenvalue weighted by Gasteiger charge is 2.35. The predicted molar refractivity (Wildman–Crippen MR) is 179 cm³/mol. The van der Waals surface area contributed by atoms with E-state index in [4.69, 9.17) is 9.47 Å². The first-order valence-electron chi connectivity index (χ1n) is 15.1. The Morgan fingerprint density at radius 3 is 1.91 bits per heavy atom. The van der Waals surface area contributed by atoms with Crippen molar-refractivity contribution in [3.8, 4) is 11.5 Å². The molecule has 10 heteroatoms. The van der Waals surface area contributed by atoms with Crippen LogP contribution >= 0.6 is 0 Å². The van der Waals surface area contributed by atoms with Gasteiger partial charge in [-0.2, -0.15) is 0 Å². The molecule has 0 radical (unpaired) electrons. The van der Waals surface area contributed by atoms with Crippen LogP contribution in [-0.4, -0.2) is 58.0 Å². The number of ether oxygens (including phenoxy) is 2. The molecule has 0 saturated carbocycles. The van der Waals surface area contributed by atoms with Gasteiger partial charge in [0.1, 0.15) is 12.6 Å². The summed E-state index contributed by atoms with van der Waals surface area (Å²) in [4.78, 5) is 29.8. The van der Waals surface area contributed by atoms with E-state index in [-0.39, 0.29) is 35.6 Å². The first-order valence-corrected chi connectivity index (χ1v) is 16.6. The summed E-state index contributed by atoms with van der Waals surface area (Å²) in [5, 5.41) is 3.05. The van der Waals surface area contributed by atoms with Crippen LogP contribution in [0.5, 0.6) is 11.5 Å². The fraction of sp³-hybridized carbons (Fsp3) is 0.278. The molecule has 242 valence electrons. The highest BCUT2D eigenvalue weighted by Crippen LogP contribution is 2.32. The molecule has 0 aromatic heterocycles. The summed E-state index contributed by atoms with van der Waals surface area (Å²) in [7, 11) is -1.41. The zero-order valence-electron chi connectivity index (χ0n) is 26.6. The van der Waals surface area contributed by atoms with Gasteiger partial charge in [0, 0.05) is 25.1 Å². The smallest absolute Gasteiger partial charge is 0.264 e. The number of nitrogens with one attached hydrogen (secondary N) is 1. The van der Waals surface area contributed by atoms with Gasteiger partial charge in [0.2, 0.25) is 11.8 Å². The van der Waals surface area contributed by atoms with Crippen LogP contribution < -0.4 is 19.1 Å². The summed E-state index contributed by atoms with van der Waals surface area (Å²) >= 11 is 0. The number of hydrogen-bond acceptors (Lipinski definition) is 6. The van der Waals surface area contributed by atoms with Gasteiger partial charge in [-0.15, -0.1) is 0 Å². The first-order chi connectivity index (χ1) is 22.2. The fourth-order valence-corrected chi connectivity index (χ4v) is 6.43. The SMILES string of the molecule is CC[C@@H](C)NC(=O)[C@@H](Cc1ccccc1)N(Cc1ccccc1)C(=O)CN(c1ccccc1)S(=O)(=O)c1ccc(OC)c(OC)c1. The molecule has 0 spiro atoms. The fourth-order valence-electron chi connectivity index (χ4n) is 5.00. The molecule has 4 aromatic rings. The van der Waals surface area contributed by atoms with Crippen LogP contribution in [0.2, 0.25) is 0 Å². The van der Waals surface area contributed by atoms with Crippen molar-refractivity contribution in [2.75, 3.05) is 25.1 Å². The predicted octanol–water partition coefficient (Wildman–Crippen LogP) is 5.45. The van der Waals surface area contributed by atoms with Gasteiger partial charge in [-0.25, -0.2) is 8.42 Å². The maximum atomic E-state index is 14.5. The molecule has 0 unspecified atom stereocenters. The average Bonchev–Trinajstić information content (AvgIpc) is 3.09. The quantitative estimate of drug-likeness (QED) is 0.185. The van der Waals surface area contributed by atoms with E-state index in [0.717, 1.165) is 15.4 Å². The van der Waals surface area contributed by atoms with Gasteiger partial charge in [-0.3, -0.25) is 13.9 Å². The second-order valence-electron chi connectivity index (χ2n) is 10.9. The third kappa shape index (κ3) is 8.45. The van der Waals surface area contributed by atoms with Crippen LogP contribution in [0.15, 0.2) is 114 Å². The van der Waals surface area contributed by atoms with E-state index in [1.54, 1.807) is 30.3 Å². The number of methoxy groups -OCH3 is 2. The van der Waals surface area contributed by atoms with Gasteiger partial charge >= 0.3 is 0 Å². The van der Waals surface area contributed by atoms with Crippen molar-refractivity contribution in [1.29, 1.82) is 0 Å². The van der Waals surface area contributed by atoms with Crippen LogP contribution in [-0.2, 0) is 32.6 Å². The molecule has 0 bridgehead atoms. The molecule has 1 N–H and O–H groups in total. The van der Waals surface area contributed by atoms with E-state index in [0.29, 0.717) is 17.9 Å². The number of carbonyl (C=O) groups is 2. The molecule has 0 aliphatic heterocycles. The number of sulfonamides is 1. The van der Waals surface area contributed by atoms with Crippen molar-refractivity contribution in [3.05, 3.63) is 120 Å². The summed E-state index contributed by atoms with van der Waals surface area (Å²) < 4.78 is 40.3. The summed E-state index contributed by atoms with van der Waals surface area (Å²) in [6, 6.07) is 30.5. The molecule has 9 nitrogen and oxygen atoms in total. The van der Waals surface area contributed by atoms with Crippen LogP contribution in [0.4, 0.5) is 5.69 Å². The van der Waals surface area contributed by atoms with Crippen molar-refractivity contribution in [1.82, 2.24) is 10.2 Å². The van der Waals surface area contributed by atoms with E-state index in [9.17, 15) is 18.0 Å². The van der Waals surface area contributed by atoms with Gasteiger partial charge in [0.05, 0.1) is 24.8 Å². The van der Waals surface area contributed by atoms with Gasteiger partial charge in [-0.1, -0.05) is 85.8 Å². The number of anilines is 1. The average molecular weight is 644 g/mol. The normalized spacial score (nSPS) is 12.4. The number of benzene rings is 4. The number of rotatable bonds is 15. The Kier molecular flexibility index (Phi) is 11.8. The Morgan fingerprint density at radius 1 is 0.783 bits per heavy atom. The molecule has 0 saturated heterocycles. The summed E-state index contributed by atoms with van der Waals surface area (Å²) in [5.74, 6) is -0.236. The first kappa shape index (κ1) is 34.1. The second kappa shape index (κ2) is 15.9. The Hall–Kier alpha value is -4.83. The van der Waals surface area contributed by atoms with Crippen LogP contribution in [0.25, 0.3) is 0 Å². The number of nitrogens with zero attached hydrogens (tertiary/aromatic N) is 2. The lowest BCUT2D eigenvalue weighted by Gasteiger charge is -2.34. The maximum absolute atomic E-state index is 14.5. The molecular formula is C36H41N3O6S. The monoisotopic (exact) mass is 643 g/mol. The van der Waals surface area contributed by atoms with E-state index in [2.05, 4.69) is 5.32 Å². The lowest BCUT2D eigenvalue weighted by atomic mass is 10.0. The minimum atomic E-state index is -4.29. The van der Waals surface area contributed by atoms with Gasteiger partial charge in [0.15, 0.2) is 11.5 Å². The Bertz CT molecular complexity index is 1690. The zero-order chi connectivity index (χ0) is 33.1. The van der Waals surface area contributed by atoms with Crippen molar-refractivity contribution in [3.63, 3.8) is 0 Å². The number of hydrogen-bond donors (Lipinski definition) is 1. The molecule has 4 rings (SSSR count). The summed E-state index contributed by atoms with van der Waals surface area (Å²) in [6.45, 7) is 3.44. The topological polar surface area (TPSA) is 105 Å². The largest absolute Gasteiger partial charge is 0.493 e. The molecular weight excluding hydrogens is 602 g/mol. The van der Waals surface area contributed by atoms with E-state index in [1.165, 1.54) is 37.3 Å². The summed E-state index contributed by atoms with van der Waals surface area (Å²) in [6.07, 6.45) is 0.956. The molecule has 0 aliphatic carbocycles. The lowest BCUT2D eigenvalue weighted by molar-refractivity contribution is -0.140. The minimum absolute atomic E-state index is 0.0771. The van der Waals surface area contributed by atoms with E-state index >= 15 is 0 Å².